The molecule has 0 atom stereocenters. The first kappa shape index (κ1) is 23.4. The van der Waals surface area contributed by atoms with E-state index in [9.17, 15) is 17.6 Å². The molecule has 7 nitrogen and oxygen atoms in total. The van der Waals surface area contributed by atoms with Gasteiger partial charge in [0.05, 0.1) is 16.7 Å². The molecule has 1 amide bonds. The fourth-order valence-corrected chi connectivity index (χ4v) is 4.98. The Bertz CT molecular complexity index is 1460. The van der Waals surface area contributed by atoms with Gasteiger partial charge in [-0.3, -0.25) is 9.52 Å². The molecule has 34 heavy (non-hydrogen) atoms. The number of hydrogen-bond acceptors (Lipinski definition) is 4. The molecule has 0 fully saturated rings. The summed E-state index contributed by atoms with van der Waals surface area (Å²) >= 11 is 0. The Balaban J connectivity index is 1.64. The molecular formula is C25H25FN4O3S. The maximum absolute atomic E-state index is 14.0. The van der Waals surface area contributed by atoms with E-state index in [2.05, 4.69) is 9.71 Å². The number of aryl methyl sites for hydroxylation is 1. The van der Waals surface area contributed by atoms with Gasteiger partial charge in [0.25, 0.3) is 15.9 Å². The first-order chi connectivity index (χ1) is 16.2. The second kappa shape index (κ2) is 9.26. The Morgan fingerprint density at radius 2 is 1.71 bits per heavy atom. The quantitative estimate of drug-likeness (QED) is 0.417. The van der Waals surface area contributed by atoms with Gasteiger partial charge in [-0.2, -0.15) is 0 Å². The third kappa shape index (κ3) is 4.38. The number of amides is 1. The molecule has 0 bridgehead atoms. The summed E-state index contributed by atoms with van der Waals surface area (Å²) in [4.78, 5) is 18.6. The zero-order valence-electron chi connectivity index (χ0n) is 19.1. The number of sulfonamides is 1. The standard InChI is InChI=1S/C25H25FN4O3S/c1-4-30(5-2)25(31)18-12-10-17(11-13-18)24-27-21-16-19(14-15-22(21)29(24)3)28-34(32,33)23-9-7-6-8-20(23)26/h6-16,28H,4-5H2,1-3H3. The summed E-state index contributed by atoms with van der Waals surface area (Å²) in [6.07, 6.45) is 0. The highest BCUT2D eigenvalue weighted by molar-refractivity contribution is 7.92. The van der Waals surface area contributed by atoms with Crippen LogP contribution in [-0.2, 0) is 17.1 Å². The lowest BCUT2D eigenvalue weighted by Crippen LogP contribution is -2.30. The number of benzene rings is 3. The van der Waals surface area contributed by atoms with Crippen LogP contribution in [0.15, 0.2) is 71.6 Å². The lowest BCUT2D eigenvalue weighted by atomic mass is 10.1. The van der Waals surface area contributed by atoms with Crippen molar-refractivity contribution < 1.29 is 17.6 Å². The van der Waals surface area contributed by atoms with Crippen LogP contribution in [-0.4, -0.2) is 41.9 Å². The van der Waals surface area contributed by atoms with Crippen molar-refractivity contribution >= 4 is 32.7 Å². The highest BCUT2D eigenvalue weighted by Gasteiger charge is 2.20. The van der Waals surface area contributed by atoms with Gasteiger partial charge in [-0.25, -0.2) is 17.8 Å². The SMILES string of the molecule is CCN(CC)C(=O)c1ccc(-c2nc3cc(NS(=O)(=O)c4ccccc4F)ccc3n2C)cc1. The molecule has 0 radical (unpaired) electrons. The molecule has 0 aliphatic carbocycles. The van der Waals surface area contributed by atoms with Crippen molar-refractivity contribution in [3.05, 3.63) is 78.1 Å². The van der Waals surface area contributed by atoms with Gasteiger partial charge >= 0.3 is 0 Å². The Kier molecular flexibility index (Phi) is 6.39. The van der Waals surface area contributed by atoms with Crippen LogP contribution in [0.25, 0.3) is 22.4 Å². The van der Waals surface area contributed by atoms with E-state index in [4.69, 9.17) is 0 Å². The van der Waals surface area contributed by atoms with Crippen molar-refractivity contribution in [1.82, 2.24) is 14.5 Å². The number of nitrogens with one attached hydrogen (secondary N) is 1. The van der Waals surface area contributed by atoms with Crippen LogP contribution in [0.5, 0.6) is 0 Å². The van der Waals surface area contributed by atoms with Crippen LogP contribution >= 0.6 is 0 Å². The summed E-state index contributed by atoms with van der Waals surface area (Å²) in [6.45, 7) is 5.18. The third-order valence-corrected chi connectivity index (χ3v) is 7.11. The zero-order chi connectivity index (χ0) is 24.5. The van der Waals surface area contributed by atoms with Crippen LogP contribution in [0.3, 0.4) is 0 Å². The maximum atomic E-state index is 14.0. The second-order valence-electron chi connectivity index (χ2n) is 7.79. The molecule has 1 heterocycles. The van der Waals surface area contributed by atoms with Gasteiger partial charge in [0.1, 0.15) is 16.5 Å². The van der Waals surface area contributed by atoms with Gasteiger partial charge in [0.2, 0.25) is 0 Å². The van der Waals surface area contributed by atoms with Gasteiger partial charge < -0.3 is 9.47 Å². The van der Waals surface area contributed by atoms with E-state index in [1.54, 1.807) is 35.2 Å². The highest BCUT2D eigenvalue weighted by Crippen LogP contribution is 2.27. The Morgan fingerprint density at radius 3 is 2.35 bits per heavy atom. The Labute approximate surface area is 197 Å². The molecule has 9 heteroatoms. The predicted octanol–water partition coefficient (Wildman–Crippen LogP) is 4.66. The molecule has 0 unspecified atom stereocenters. The Hall–Kier alpha value is -3.72. The first-order valence-electron chi connectivity index (χ1n) is 10.9. The molecule has 0 spiro atoms. The van der Waals surface area contributed by atoms with Crippen molar-refractivity contribution in [2.24, 2.45) is 7.05 Å². The molecule has 176 valence electrons. The second-order valence-corrected chi connectivity index (χ2v) is 9.44. The van der Waals surface area contributed by atoms with Crippen molar-refractivity contribution in [2.45, 2.75) is 18.7 Å². The van der Waals surface area contributed by atoms with Gasteiger partial charge in [0.15, 0.2) is 0 Å². The third-order valence-electron chi connectivity index (χ3n) is 5.70. The van der Waals surface area contributed by atoms with Gasteiger partial charge in [-0.05, 0) is 56.3 Å². The van der Waals surface area contributed by atoms with E-state index in [1.165, 1.54) is 18.2 Å². The normalized spacial score (nSPS) is 11.5. The number of halogens is 1. The van der Waals surface area contributed by atoms with Gasteiger partial charge in [0, 0.05) is 31.3 Å². The highest BCUT2D eigenvalue weighted by atomic mass is 32.2. The number of imidazole rings is 1. The summed E-state index contributed by atoms with van der Waals surface area (Å²) in [5.41, 5.74) is 3.08. The van der Waals surface area contributed by atoms with Gasteiger partial charge in [-0.15, -0.1) is 0 Å². The molecular weight excluding hydrogens is 455 g/mol. The monoisotopic (exact) mass is 480 g/mol. The molecule has 4 rings (SSSR count). The molecule has 0 saturated heterocycles. The first-order valence-corrected chi connectivity index (χ1v) is 12.4. The number of rotatable bonds is 7. The smallest absolute Gasteiger partial charge is 0.264 e. The lowest BCUT2D eigenvalue weighted by Gasteiger charge is -2.18. The van der Waals surface area contributed by atoms with Crippen LogP contribution in [0, 0.1) is 5.82 Å². The average Bonchev–Trinajstić information content (AvgIpc) is 3.15. The summed E-state index contributed by atoms with van der Waals surface area (Å²) < 4.78 is 43.5. The summed E-state index contributed by atoms with van der Waals surface area (Å²) in [6, 6.07) is 17.4. The van der Waals surface area contributed by atoms with Crippen molar-refractivity contribution in [2.75, 3.05) is 17.8 Å². The van der Waals surface area contributed by atoms with Crippen LogP contribution < -0.4 is 4.72 Å². The van der Waals surface area contributed by atoms with Crippen LogP contribution in [0.2, 0.25) is 0 Å². The van der Waals surface area contributed by atoms with E-state index in [1.807, 2.05) is 37.6 Å². The summed E-state index contributed by atoms with van der Waals surface area (Å²) in [7, 11) is -2.22. The minimum Gasteiger partial charge on any atom is -0.339 e. The molecule has 0 aliphatic rings. The summed E-state index contributed by atoms with van der Waals surface area (Å²) in [5, 5.41) is 0. The molecule has 0 aliphatic heterocycles. The van der Waals surface area contributed by atoms with Crippen LogP contribution in [0.4, 0.5) is 10.1 Å². The fraction of sp³-hybridized carbons (Fsp3) is 0.200. The molecule has 3 aromatic carbocycles. The number of carbonyl (C=O) groups is 1. The Morgan fingerprint density at radius 1 is 1.03 bits per heavy atom. The van der Waals surface area contributed by atoms with Gasteiger partial charge in [-0.1, -0.05) is 24.3 Å². The minimum absolute atomic E-state index is 0.0201. The zero-order valence-corrected chi connectivity index (χ0v) is 19.9. The number of hydrogen-bond donors (Lipinski definition) is 1. The molecule has 0 saturated carbocycles. The van der Waals surface area contributed by atoms with Crippen molar-refractivity contribution in [1.29, 1.82) is 0 Å². The van der Waals surface area contributed by atoms with E-state index < -0.39 is 20.7 Å². The number of aromatic nitrogens is 2. The number of carbonyl (C=O) groups excluding carboxylic acids is 1. The van der Waals surface area contributed by atoms with Crippen molar-refractivity contribution in [3.8, 4) is 11.4 Å². The number of nitrogens with zero attached hydrogens (tertiary/aromatic N) is 3. The topological polar surface area (TPSA) is 84.3 Å². The average molecular weight is 481 g/mol. The summed E-state index contributed by atoms with van der Waals surface area (Å²) in [5.74, 6) is -0.168. The number of fused-ring (bicyclic) bond motifs is 1. The lowest BCUT2D eigenvalue weighted by molar-refractivity contribution is 0.0773. The van der Waals surface area contributed by atoms with E-state index in [0.717, 1.165) is 17.1 Å². The molecule has 1 aromatic heterocycles. The number of anilines is 1. The predicted molar refractivity (Wildman–Crippen MR) is 131 cm³/mol. The largest absolute Gasteiger partial charge is 0.339 e. The fourth-order valence-electron chi connectivity index (χ4n) is 3.85. The molecule has 1 N–H and O–H groups in total. The van der Waals surface area contributed by atoms with Crippen LogP contribution in [0.1, 0.15) is 24.2 Å². The maximum Gasteiger partial charge on any atom is 0.264 e. The van der Waals surface area contributed by atoms with E-state index in [-0.39, 0.29) is 11.6 Å². The van der Waals surface area contributed by atoms with E-state index in [0.29, 0.717) is 30.0 Å². The van der Waals surface area contributed by atoms with Crippen molar-refractivity contribution in [3.63, 3.8) is 0 Å². The minimum atomic E-state index is -4.09. The van der Waals surface area contributed by atoms with E-state index >= 15 is 0 Å². The molecule has 4 aromatic rings.